The highest BCUT2D eigenvalue weighted by Gasteiger charge is 2.37. The van der Waals surface area contributed by atoms with Gasteiger partial charge in [-0.15, -0.1) is 0 Å². The maximum Gasteiger partial charge on any atom is 0.240 e. The zero-order valence-corrected chi connectivity index (χ0v) is 17.0. The molecule has 152 valence electrons. The Morgan fingerprint density at radius 1 is 1.39 bits per heavy atom. The Bertz CT molecular complexity index is 880. The van der Waals surface area contributed by atoms with E-state index in [2.05, 4.69) is 16.1 Å². The molecule has 0 bridgehead atoms. The van der Waals surface area contributed by atoms with Gasteiger partial charge in [0.05, 0.1) is 17.0 Å². The Hall–Kier alpha value is -2.15. The first-order chi connectivity index (χ1) is 13.4. The van der Waals surface area contributed by atoms with Gasteiger partial charge in [-0.25, -0.2) is 13.1 Å². The number of nitriles is 1. The molecule has 0 radical (unpaired) electrons. The predicted molar refractivity (Wildman–Crippen MR) is 103 cm³/mol. The molecule has 2 heterocycles. The molecule has 1 aromatic rings. The van der Waals surface area contributed by atoms with Crippen LogP contribution in [0.15, 0.2) is 23.1 Å². The molecule has 0 spiro atoms. The van der Waals surface area contributed by atoms with Crippen LogP contribution in [0.2, 0.25) is 0 Å². The van der Waals surface area contributed by atoms with E-state index >= 15 is 0 Å². The van der Waals surface area contributed by atoms with Crippen LogP contribution < -0.4 is 14.8 Å². The maximum atomic E-state index is 12.7. The molecule has 2 N–H and O–H groups in total. The van der Waals surface area contributed by atoms with Crippen molar-refractivity contribution in [2.24, 2.45) is 0 Å². The van der Waals surface area contributed by atoms with Crippen molar-refractivity contribution in [2.45, 2.75) is 55.6 Å². The van der Waals surface area contributed by atoms with Gasteiger partial charge >= 0.3 is 0 Å². The van der Waals surface area contributed by atoms with E-state index in [-0.39, 0.29) is 28.9 Å². The fraction of sp³-hybridized carbons (Fsp3) is 0.579. The van der Waals surface area contributed by atoms with E-state index in [1.165, 1.54) is 13.1 Å². The van der Waals surface area contributed by atoms with Crippen LogP contribution in [0.1, 0.15) is 31.2 Å². The van der Waals surface area contributed by atoms with Crippen molar-refractivity contribution in [3.63, 3.8) is 0 Å². The number of nitrogens with one attached hydrogen (secondary N) is 2. The third-order valence-electron chi connectivity index (χ3n) is 5.39. The van der Waals surface area contributed by atoms with Crippen molar-refractivity contribution < 1.29 is 17.9 Å². The lowest BCUT2D eigenvalue weighted by atomic mass is 10.1. The minimum absolute atomic E-state index is 0.00403. The van der Waals surface area contributed by atoms with E-state index in [0.717, 1.165) is 31.2 Å². The molecule has 2 fully saturated rings. The van der Waals surface area contributed by atoms with Gasteiger partial charge in [0.25, 0.3) is 0 Å². The number of sulfonamides is 1. The Morgan fingerprint density at radius 2 is 2.18 bits per heavy atom. The number of hydrogen-bond acceptors (Lipinski definition) is 6. The quantitative estimate of drug-likeness (QED) is 0.727. The monoisotopic (exact) mass is 406 g/mol. The minimum Gasteiger partial charge on any atom is -0.492 e. The van der Waals surface area contributed by atoms with Gasteiger partial charge in [0.15, 0.2) is 0 Å². The Balaban J connectivity index is 1.55. The molecular formula is C19H26N4O4S. The number of nitrogens with zero attached hydrogens (tertiary/aromatic N) is 2. The molecule has 0 aromatic heterocycles. The molecule has 1 amide bonds. The zero-order valence-electron chi connectivity index (χ0n) is 16.1. The van der Waals surface area contributed by atoms with Crippen LogP contribution in [-0.4, -0.2) is 57.5 Å². The SMILES string of the molecule is CNS(=O)(=O)c1ccc(OC[C@H]2CC[C@@H](C(=O)N3CCC[C@H]3C#N)N2)c(C)c1. The van der Waals surface area contributed by atoms with Crippen molar-refractivity contribution in [3.05, 3.63) is 23.8 Å². The van der Waals surface area contributed by atoms with Crippen LogP contribution in [-0.2, 0) is 14.8 Å². The second-order valence-electron chi connectivity index (χ2n) is 7.26. The topological polar surface area (TPSA) is 112 Å². The van der Waals surface area contributed by atoms with Crippen LogP contribution in [0.4, 0.5) is 0 Å². The van der Waals surface area contributed by atoms with E-state index in [0.29, 0.717) is 18.9 Å². The van der Waals surface area contributed by atoms with Gasteiger partial charge in [0.2, 0.25) is 15.9 Å². The lowest BCUT2D eigenvalue weighted by Gasteiger charge is -2.24. The molecule has 2 aliphatic heterocycles. The minimum atomic E-state index is -3.48. The summed E-state index contributed by atoms with van der Waals surface area (Å²) >= 11 is 0. The Labute approximate surface area is 165 Å². The molecule has 1 aromatic carbocycles. The van der Waals surface area contributed by atoms with E-state index < -0.39 is 10.0 Å². The van der Waals surface area contributed by atoms with Crippen molar-refractivity contribution >= 4 is 15.9 Å². The summed E-state index contributed by atoms with van der Waals surface area (Å²) in [5, 5.41) is 12.5. The third-order valence-corrected chi connectivity index (χ3v) is 6.80. The molecule has 8 nitrogen and oxygen atoms in total. The van der Waals surface area contributed by atoms with Gasteiger partial charge < -0.3 is 9.64 Å². The molecule has 9 heteroatoms. The first-order valence-electron chi connectivity index (χ1n) is 9.49. The summed E-state index contributed by atoms with van der Waals surface area (Å²) in [6, 6.07) is 6.41. The summed E-state index contributed by atoms with van der Waals surface area (Å²) in [5.41, 5.74) is 0.732. The Kier molecular flexibility index (Phi) is 6.23. The van der Waals surface area contributed by atoms with Gasteiger partial charge in [-0.2, -0.15) is 5.26 Å². The molecule has 3 atom stereocenters. The standard InChI is InChI=1S/C19H26N4O4S/c1-13-10-16(28(25,26)21-2)6-8-18(13)27-12-14-5-7-17(22-14)19(24)23-9-3-4-15(23)11-20/h6,8,10,14-15,17,21-22H,3-5,7,9,12H2,1-2H3/t14-,15+,17+/m1/s1. The number of carbonyl (C=O) groups is 1. The third kappa shape index (κ3) is 4.29. The summed E-state index contributed by atoms with van der Waals surface area (Å²) < 4.78 is 31.9. The van der Waals surface area contributed by atoms with Crippen molar-refractivity contribution in [1.29, 1.82) is 5.26 Å². The van der Waals surface area contributed by atoms with Crippen molar-refractivity contribution in [1.82, 2.24) is 14.9 Å². The molecule has 0 aliphatic carbocycles. The van der Waals surface area contributed by atoms with Crippen LogP contribution >= 0.6 is 0 Å². The summed E-state index contributed by atoms with van der Waals surface area (Å²) in [6.07, 6.45) is 3.16. The van der Waals surface area contributed by atoms with Gasteiger partial charge in [-0.1, -0.05) is 0 Å². The van der Waals surface area contributed by atoms with Gasteiger partial charge in [-0.3, -0.25) is 10.1 Å². The van der Waals surface area contributed by atoms with E-state index in [1.807, 2.05) is 0 Å². The fourth-order valence-corrected chi connectivity index (χ4v) is 4.58. The second kappa shape index (κ2) is 8.47. The predicted octanol–water partition coefficient (Wildman–Crippen LogP) is 0.917. The zero-order chi connectivity index (χ0) is 20.3. The van der Waals surface area contributed by atoms with Gasteiger partial charge in [-0.05, 0) is 63.4 Å². The highest BCUT2D eigenvalue weighted by molar-refractivity contribution is 7.89. The van der Waals surface area contributed by atoms with Gasteiger partial charge in [0.1, 0.15) is 18.4 Å². The average Bonchev–Trinajstić information content (AvgIpc) is 3.35. The number of ether oxygens (including phenoxy) is 1. The molecule has 0 unspecified atom stereocenters. The number of amides is 1. The Morgan fingerprint density at radius 3 is 2.86 bits per heavy atom. The number of aryl methyl sites for hydroxylation is 1. The molecular weight excluding hydrogens is 380 g/mol. The van der Waals surface area contributed by atoms with Crippen LogP contribution in [0.3, 0.4) is 0 Å². The number of benzene rings is 1. The molecule has 3 rings (SSSR count). The lowest BCUT2D eigenvalue weighted by molar-refractivity contribution is -0.133. The van der Waals surface area contributed by atoms with E-state index in [9.17, 15) is 18.5 Å². The van der Waals surface area contributed by atoms with E-state index in [4.69, 9.17) is 4.74 Å². The summed E-state index contributed by atoms with van der Waals surface area (Å²) in [7, 11) is -2.11. The first kappa shape index (κ1) is 20.6. The first-order valence-corrected chi connectivity index (χ1v) is 11.0. The molecule has 0 saturated carbocycles. The number of rotatable bonds is 6. The largest absolute Gasteiger partial charge is 0.492 e. The number of carbonyl (C=O) groups excluding carboxylic acids is 1. The van der Waals surface area contributed by atoms with Crippen molar-refractivity contribution in [2.75, 3.05) is 20.2 Å². The fourth-order valence-electron chi connectivity index (χ4n) is 3.77. The summed E-state index contributed by atoms with van der Waals surface area (Å²) in [5.74, 6) is 0.625. The highest BCUT2D eigenvalue weighted by atomic mass is 32.2. The van der Waals surface area contributed by atoms with E-state index in [1.54, 1.807) is 24.0 Å². The normalized spacial score (nSPS) is 24.9. The smallest absolute Gasteiger partial charge is 0.240 e. The number of likely N-dealkylation sites (tertiary alicyclic amines) is 1. The second-order valence-corrected chi connectivity index (χ2v) is 9.14. The maximum absolute atomic E-state index is 12.7. The molecule has 28 heavy (non-hydrogen) atoms. The highest BCUT2D eigenvalue weighted by Crippen LogP contribution is 2.24. The lowest BCUT2D eigenvalue weighted by Crippen LogP contribution is -2.47. The van der Waals surface area contributed by atoms with Crippen LogP contribution in [0, 0.1) is 18.3 Å². The summed E-state index contributed by atoms with van der Waals surface area (Å²) in [4.78, 5) is 14.5. The van der Waals surface area contributed by atoms with Crippen LogP contribution in [0.25, 0.3) is 0 Å². The average molecular weight is 407 g/mol. The molecule has 2 aliphatic rings. The molecule has 2 saturated heterocycles. The van der Waals surface area contributed by atoms with Crippen LogP contribution in [0.5, 0.6) is 5.75 Å². The number of hydrogen-bond donors (Lipinski definition) is 2. The summed E-state index contributed by atoms with van der Waals surface area (Å²) in [6.45, 7) is 2.84. The van der Waals surface area contributed by atoms with Gasteiger partial charge in [0, 0.05) is 12.6 Å². The van der Waals surface area contributed by atoms with Crippen molar-refractivity contribution in [3.8, 4) is 11.8 Å².